The monoisotopic (exact) mass is 401 g/mol. The van der Waals surface area contributed by atoms with Crippen molar-refractivity contribution in [3.05, 3.63) is 109 Å². The van der Waals surface area contributed by atoms with Gasteiger partial charge in [0.05, 0.1) is 12.3 Å². The molecule has 2 nitrogen and oxygen atoms in total. The van der Waals surface area contributed by atoms with Crippen LogP contribution >= 0.6 is 0 Å². The Balaban J connectivity index is 1.88. The lowest BCUT2D eigenvalue weighted by molar-refractivity contribution is 0.332. The molecule has 0 spiro atoms. The van der Waals surface area contributed by atoms with Crippen molar-refractivity contribution in [2.24, 2.45) is 0 Å². The van der Waals surface area contributed by atoms with E-state index in [0.29, 0.717) is 12.5 Å². The molecule has 2 heteroatoms. The number of nitrogens with zero attached hydrogens (tertiary/aromatic N) is 1. The predicted octanol–water partition coefficient (Wildman–Crippen LogP) is 7.63. The summed E-state index contributed by atoms with van der Waals surface area (Å²) in [5.41, 5.74) is 6.66. The second-order valence-electron chi connectivity index (χ2n) is 7.43. The van der Waals surface area contributed by atoms with E-state index in [0.717, 1.165) is 33.2 Å². The van der Waals surface area contributed by atoms with E-state index in [9.17, 15) is 0 Å². The molecular weight excluding hydrogens is 378 g/mol. The average Bonchev–Trinajstić information content (AvgIpc) is 2.85. The number of ether oxygens (including phenoxy) is 1. The van der Waals surface area contributed by atoms with Gasteiger partial charge in [-0.05, 0) is 41.1 Å². The first-order valence-corrected chi connectivity index (χ1v) is 10.6. The fraction of sp³-hybridized carbons (Fsp3) is 0.0690. The zero-order valence-electron chi connectivity index (χ0n) is 17.5. The quantitative estimate of drug-likeness (QED) is 0.302. The van der Waals surface area contributed by atoms with Gasteiger partial charge in [-0.3, -0.25) is 0 Å². The number of rotatable bonds is 5. The summed E-state index contributed by atoms with van der Waals surface area (Å²) in [4.78, 5) is 5.02. The second-order valence-corrected chi connectivity index (χ2v) is 7.43. The van der Waals surface area contributed by atoms with Gasteiger partial charge in [-0.25, -0.2) is 4.98 Å². The molecular formula is C29H23NO. The van der Waals surface area contributed by atoms with E-state index in [1.165, 1.54) is 11.1 Å². The Morgan fingerprint density at radius 3 is 1.77 bits per heavy atom. The van der Waals surface area contributed by atoms with Crippen molar-refractivity contribution in [1.29, 1.82) is 0 Å². The zero-order chi connectivity index (χ0) is 21.0. The molecule has 0 atom stereocenters. The molecule has 5 rings (SSSR count). The van der Waals surface area contributed by atoms with Gasteiger partial charge < -0.3 is 4.74 Å². The molecule has 0 radical (unpaired) electrons. The number of fused-ring (bicyclic) bond motifs is 1. The van der Waals surface area contributed by atoms with Crippen molar-refractivity contribution in [3.8, 4) is 39.4 Å². The highest BCUT2D eigenvalue weighted by atomic mass is 16.5. The largest absolute Gasteiger partial charge is 0.478 e. The Morgan fingerprint density at radius 2 is 1.16 bits per heavy atom. The smallest absolute Gasteiger partial charge is 0.221 e. The summed E-state index contributed by atoms with van der Waals surface area (Å²) >= 11 is 0. The maximum atomic E-state index is 6.01. The van der Waals surface area contributed by atoms with E-state index in [1.807, 2.05) is 25.1 Å². The minimum absolute atomic E-state index is 0.571. The SMILES string of the molecule is CCOc1nc(-c2ccccc2)c(-c2ccccc2)c2cc(-c3ccccc3)ccc12. The molecule has 0 fully saturated rings. The van der Waals surface area contributed by atoms with Crippen molar-refractivity contribution in [3.63, 3.8) is 0 Å². The number of hydrogen-bond acceptors (Lipinski definition) is 2. The van der Waals surface area contributed by atoms with Crippen LogP contribution in [-0.2, 0) is 0 Å². The molecule has 0 aliphatic heterocycles. The first-order chi connectivity index (χ1) is 15.3. The molecule has 0 aliphatic rings. The molecule has 150 valence electrons. The Bertz CT molecular complexity index is 1310. The topological polar surface area (TPSA) is 22.1 Å². The molecule has 31 heavy (non-hydrogen) atoms. The summed E-state index contributed by atoms with van der Waals surface area (Å²) in [6, 6.07) is 37.9. The van der Waals surface area contributed by atoms with Gasteiger partial charge in [-0.15, -0.1) is 0 Å². The van der Waals surface area contributed by atoms with Gasteiger partial charge in [0.25, 0.3) is 0 Å². The molecule has 0 bridgehead atoms. The molecule has 0 amide bonds. The first kappa shape index (κ1) is 19.1. The van der Waals surface area contributed by atoms with Gasteiger partial charge in [0.15, 0.2) is 0 Å². The van der Waals surface area contributed by atoms with Crippen LogP contribution in [-0.4, -0.2) is 11.6 Å². The summed E-state index contributed by atoms with van der Waals surface area (Å²) in [6.07, 6.45) is 0. The van der Waals surface area contributed by atoms with E-state index in [4.69, 9.17) is 9.72 Å². The highest BCUT2D eigenvalue weighted by molar-refractivity contribution is 6.06. The highest BCUT2D eigenvalue weighted by Crippen LogP contribution is 2.41. The Labute approximate surface area is 182 Å². The third-order valence-electron chi connectivity index (χ3n) is 5.47. The third kappa shape index (κ3) is 3.69. The van der Waals surface area contributed by atoms with E-state index in [2.05, 4.69) is 91.0 Å². The van der Waals surface area contributed by atoms with Gasteiger partial charge in [-0.1, -0.05) is 97.1 Å². The molecule has 4 aromatic carbocycles. The number of hydrogen-bond donors (Lipinski definition) is 0. The van der Waals surface area contributed by atoms with Gasteiger partial charge in [0.1, 0.15) is 0 Å². The summed E-state index contributed by atoms with van der Waals surface area (Å²) in [6.45, 7) is 2.57. The fourth-order valence-corrected chi connectivity index (χ4v) is 4.04. The van der Waals surface area contributed by atoms with Crippen LogP contribution in [0.4, 0.5) is 0 Å². The van der Waals surface area contributed by atoms with Crippen molar-refractivity contribution >= 4 is 10.8 Å². The van der Waals surface area contributed by atoms with Crippen molar-refractivity contribution in [2.45, 2.75) is 6.92 Å². The summed E-state index contributed by atoms with van der Waals surface area (Å²) < 4.78 is 6.01. The van der Waals surface area contributed by atoms with Gasteiger partial charge in [0, 0.05) is 16.5 Å². The lowest BCUT2D eigenvalue weighted by Crippen LogP contribution is -2.00. The Hall–Kier alpha value is -3.91. The molecule has 0 aliphatic carbocycles. The van der Waals surface area contributed by atoms with E-state index < -0.39 is 0 Å². The van der Waals surface area contributed by atoms with Crippen LogP contribution in [0.15, 0.2) is 109 Å². The minimum Gasteiger partial charge on any atom is -0.478 e. The zero-order valence-corrected chi connectivity index (χ0v) is 17.5. The van der Waals surface area contributed by atoms with Gasteiger partial charge in [-0.2, -0.15) is 0 Å². The maximum Gasteiger partial charge on any atom is 0.221 e. The van der Waals surface area contributed by atoms with Gasteiger partial charge in [0.2, 0.25) is 5.88 Å². The molecule has 1 heterocycles. The van der Waals surface area contributed by atoms with Crippen LogP contribution in [0, 0.1) is 0 Å². The van der Waals surface area contributed by atoms with Crippen LogP contribution in [0.25, 0.3) is 44.3 Å². The molecule has 0 saturated heterocycles. The summed E-state index contributed by atoms with van der Waals surface area (Å²) in [5.74, 6) is 0.677. The molecule has 0 N–H and O–H groups in total. The van der Waals surface area contributed by atoms with E-state index >= 15 is 0 Å². The lowest BCUT2D eigenvalue weighted by atomic mass is 9.92. The van der Waals surface area contributed by atoms with Crippen LogP contribution in [0.2, 0.25) is 0 Å². The van der Waals surface area contributed by atoms with Crippen LogP contribution in [0.5, 0.6) is 5.88 Å². The van der Waals surface area contributed by atoms with Crippen LogP contribution in [0.3, 0.4) is 0 Å². The summed E-state index contributed by atoms with van der Waals surface area (Å²) in [5, 5.41) is 2.17. The molecule has 1 aromatic heterocycles. The Kier molecular flexibility index (Phi) is 5.20. The second kappa shape index (κ2) is 8.45. The lowest BCUT2D eigenvalue weighted by Gasteiger charge is -2.17. The van der Waals surface area contributed by atoms with E-state index in [1.54, 1.807) is 0 Å². The van der Waals surface area contributed by atoms with Crippen molar-refractivity contribution < 1.29 is 4.74 Å². The van der Waals surface area contributed by atoms with Crippen molar-refractivity contribution in [2.75, 3.05) is 6.61 Å². The van der Waals surface area contributed by atoms with Crippen LogP contribution in [0.1, 0.15) is 6.92 Å². The van der Waals surface area contributed by atoms with Crippen molar-refractivity contribution in [1.82, 2.24) is 4.98 Å². The average molecular weight is 402 g/mol. The first-order valence-electron chi connectivity index (χ1n) is 10.6. The Morgan fingerprint density at radius 1 is 0.581 bits per heavy atom. The molecule has 5 aromatic rings. The number of aromatic nitrogens is 1. The minimum atomic E-state index is 0.571. The highest BCUT2D eigenvalue weighted by Gasteiger charge is 2.18. The number of benzene rings is 4. The summed E-state index contributed by atoms with van der Waals surface area (Å²) in [7, 11) is 0. The maximum absolute atomic E-state index is 6.01. The third-order valence-corrected chi connectivity index (χ3v) is 5.47. The molecule has 0 saturated carbocycles. The number of pyridine rings is 1. The molecule has 0 unspecified atom stereocenters. The van der Waals surface area contributed by atoms with Gasteiger partial charge >= 0.3 is 0 Å². The van der Waals surface area contributed by atoms with Crippen LogP contribution < -0.4 is 4.74 Å². The predicted molar refractivity (Wildman–Crippen MR) is 129 cm³/mol. The normalized spacial score (nSPS) is 10.9. The standard InChI is InChI=1S/C29H23NO/c1-2-31-29-25-19-18-24(21-12-6-3-7-13-21)20-26(25)27(22-14-8-4-9-15-22)28(30-29)23-16-10-5-11-17-23/h3-20H,2H2,1H3. The van der Waals surface area contributed by atoms with E-state index in [-0.39, 0.29) is 0 Å². The fourth-order valence-electron chi connectivity index (χ4n) is 4.04.